The molecule has 0 radical (unpaired) electrons. The van der Waals surface area contributed by atoms with Crippen LogP contribution in [0.15, 0.2) is 66.7 Å². The van der Waals surface area contributed by atoms with E-state index in [1.807, 2.05) is 42.5 Å². The molecule has 1 aromatic heterocycles. The Bertz CT molecular complexity index is 1250. The zero-order valence-corrected chi connectivity index (χ0v) is 19.4. The van der Waals surface area contributed by atoms with Gasteiger partial charge in [0.05, 0.1) is 4.88 Å². The number of nitrogens with zero attached hydrogens (tertiary/aromatic N) is 1. The SMILES string of the molecule is Oc1ccc(-c2sc3cc(O)ccc3c2Oc2ccc(OCCN3CCC(F)CC3)cc2)cc1. The van der Waals surface area contributed by atoms with Crippen molar-refractivity contribution < 1.29 is 24.1 Å². The van der Waals surface area contributed by atoms with Crippen LogP contribution < -0.4 is 9.47 Å². The molecule has 0 aliphatic carbocycles. The maximum Gasteiger partial charge on any atom is 0.153 e. The van der Waals surface area contributed by atoms with Crippen LogP contribution in [-0.2, 0) is 0 Å². The second-order valence-corrected chi connectivity index (χ2v) is 9.48. The van der Waals surface area contributed by atoms with E-state index in [2.05, 4.69) is 4.90 Å². The van der Waals surface area contributed by atoms with Gasteiger partial charge in [-0.15, -0.1) is 11.3 Å². The molecule has 0 saturated carbocycles. The minimum Gasteiger partial charge on any atom is -0.508 e. The van der Waals surface area contributed by atoms with Crippen molar-refractivity contribution in [2.24, 2.45) is 0 Å². The van der Waals surface area contributed by atoms with E-state index in [1.165, 1.54) is 11.3 Å². The van der Waals surface area contributed by atoms with Crippen LogP contribution in [0.5, 0.6) is 28.7 Å². The van der Waals surface area contributed by atoms with E-state index in [0.29, 0.717) is 30.9 Å². The number of fused-ring (bicyclic) bond motifs is 1. The van der Waals surface area contributed by atoms with Gasteiger partial charge in [0.2, 0.25) is 0 Å². The van der Waals surface area contributed by atoms with E-state index in [1.54, 1.807) is 24.3 Å². The zero-order valence-electron chi connectivity index (χ0n) is 18.6. The Morgan fingerprint density at radius 3 is 2.29 bits per heavy atom. The predicted octanol–water partition coefficient (Wildman–Crippen LogP) is 6.58. The van der Waals surface area contributed by atoms with Gasteiger partial charge in [0.25, 0.3) is 0 Å². The highest BCUT2D eigenvalue weighted by atomic mass is 32.1. The van der Waals surface area contributed by atoms with Crippen molar-refractivity contribution in [3.8, 4) is 39.2 Å². The summed E-state index contributed by atoms with van der Waals surface area (Å²) in [6, 6.07) is 19.7. The van der Waals surface area contributed by atoms with Gasteiger partial charge in [-0.3, -0.25) is 4.90 Å². The molecule has 0 atom stereocenters. The molecule has 4 aromatic rings. The molecular weight excluding hydrogens is 453 g/mol. The molecule has 0 amide bonds. The van der Waals surface area contributed by atoms with Gasteiger partial charge in [-0.05, 0) is 85.1 Å². The number of hydrogen-bond donors (Lipinski definition) is 2. The molecule has 1 aliphatic heterocycles. The van der Waals surface area contributed by atoms with Gasteiger partial charge in [-0.2, -0.15) is 0 Å². The molecule has 5 rings (SSSR count). The summed E-state index contributed by atoms with van der Waals surface area (Å²) in [7, 11) is 0. The molecule has 0 bridgehead atoms. The summed E-state index contributed by atoms with van der Waals surface area (Å²) in [5.41, 5.74) is 0.922. The van der Waals surface area contributed by atoms with Crippen molar-refractivity contribution in [2.75, 3.05) is 26.2 Å². The van der Waals surface area contributed by atoms with Crippen molar-refractivity contribution in [1.29, 1.82) is 0 Å². The van der Waals surface area contributed by atoms with Crippen LogP contribution in [0.2, 0.25) is 0 Å². The molecule has 176 valence electrons. The van der Waals surface area contributed by atoms with Crippen LogP contribution in [0, 0.1) is 0 Å². The first-order chi connectivity index (χ1) is 16.5. The Kier molecular flexibility index (Phi) is 6.56. The van der Waals surface area contributed by atoms with Crippen LogP contribution in [0.25, 0.3) is 20.5 Å². The number of hydrogen-bond acceptors (Lipinski definition) is 6. The van der Waals surface area contributed by atoms with Crippen LogP contribution >= 0.6 is 11.3 Å². The molecule has 0 unspecified atom stereocenters. The smallest absolute Gasteiger partial charge is 0.153 e. The molecule has 2 N–H and O–H groups in total. The number of halogens is 1. The number of phenolic OH excluding ortho intramolecular Hbond substituents is 2. The Hall–Kier alpha value is -3.29. The van der Waals surface area contributed by atoms with E-state index >= 15 is 0 Å². The highest BCUT2D eigenvalue weighted by Gasteiger charge is 2.19. The summed E-state index contributed by atoms with van der Waals surface area (Å²) in [5, 5.41) is 20.5. The Labute approximate surface area is 201 Å². The fourth-order valence-electron chi connectivity index (χ4n) is 4.11. The van der Waals surface area contributed by atoms with E-state index in [0.717, 1.165) is 45.9 Å². The standard InChI is InChI=1S/C27H26FNO4S/c28-19-11-13-29(14-12-19)15-16-32-22-6-8-23(9-7-22)33-26-24-10-5-21(31)17-25(24)34-27(26)18-1-3-20(30)4-2-18/h1-10,17,19,30-31H,11-16H2. The van der Waals surface area contributed by atoms with Gasteiger partial charge < -0.3 is 19.7 Å². The highest BCUT2D eigenvalue weighted by Crippen LogP contribution is 2.47. The number of piperidine rings is 1. The zero-order chi connectivity index (χ0) is 23.5. The number of likely N-dealkylation sites (tertiary alicyclic amines) is 1. The molecule has 1 saturated heterocycles. The minimum absolute atomic E-state index is 0.201. The van der Waals surface area contributed by atoms with Crippen LogP contribution in [0.1, 0.15) is 12.8 Å². The topological polar surface area (TPSA) is 62.2 Å². The molecule has 34 heavy (non-hydrogen) atoms. The lowest BCUT2D eigenvalue weighted by atomic mass is 10.1. The van der Waals surface area contributed by atoms with Crippen molar-refractivity contribution >= 4 is 21.4 Å². The molecule has 0 spiro atoms. The summed E-state index contributed by atoms with van der Waals surface area (Å²) in [6.07, 6.45) is 0.551. The highest BCUT2D eigenvalue weighted by molar-refractivity contribution is 7.22. The van der Waals surface area contributed by atoms with Crippen LogP contribution in [0.3, 0.4) is 0 Å². The van der Waals surface area contributed by atoms with Gasteiger partial charge in [0.1, 0.15) is 35.8 Å². The molecule has 7 heteroatoms. The van der Waals surface area contributed by atoms with Gasteiger partial charge in [0.15, 0.2) is 5.75 Å². The summed E-state index contributed by atoms with van der Waals surface area (Å²) < 4.78 is 26.4. The summed E-state index contributed by atoms with van der Waals surface area (Å²) in [4.78, 5) is 3.15. The average Bonchev–Trinajstić information content (AvgIpc) is 3.19. The van der Waals surface area contributed by atoms with Gasteiger partial charge in [0, 0.05) is 29.7 Å². The average molecular weight is 480 g/mol. The lowest BCUT2D eigenvalue weighted by molar-refractivity contribution is 0.132. The van der Waals surface area contributed by atoms with E-state index < -0.39 is 6.17 Å². The fourth-order valence-corrected chi connectivity index (χ4v) is 5.27. The number of alkyl halides is 1. The first-order valence-electron chi connectivity index (χ1n) is 11.4. The Balaban J connectivity index is 1.30. The third-order valence-corrected chi connectivity index (χ3v) is 7.18. The van der Waals surface area contributed by atoms with Gasteiger partial charge >= 0.3 is 0 Å². The number of rotatable bonds is 7. The van der Waals surface area contributed by atoms with Crippen molar-refractivity contribution in [1.82, 2.24) is 4.90 Å². The Morgan fingerprint density at radius 1 is 0.882 bits per heavy atom. The lowest BCUT2D eigenvalue weighted by Gasteiger charge is -2.28. The first-order valence-corrected chi connectivity index (χ1v) is 12.2. The van der Waals surface area contributed by atoms with Crippen molar-refractivity contribution in [3.05, 3.63) is 66.7 Å². The minimum atomic E-state index is -0.662. The van der Waals surface area contributed by atoms with E-state index in [-0.39, 0.29) is 11.5 Å². The van der Waals surface area contributed by atoms with Crippen molar-refractivity contribution in [3.63, 3.8) is 0 Å². The van der Waals surface area contributed by atoms with E-state index in [9.17, 15) is 14.6 Å². The van der Waals surface area contributed by atoms with Gasteiger partial charge in [-0.25, -0.2) is 4.39 Å². The molecule has 3 aromatic carbocycles. The van der Waals surface area contributed by atoms with E-state index in [4.69, 9.17) is 9.47 Å². The molecule has 2 heterocycles. The number of benzene rings is 3. The summed E-state index contributed by atoms with van der Waals surface area (Å²) in [5.74, 6) is 2.54. The molecular formula is C27H26FNO4S. The third kappa shape index (κ3) is 5.11. The quantitative estimate of drug-likeness (QED) is 0.313. The first kappa shape index (κ1) is 22.5. The summed E-state index contributed by atoms with van der Waals surface area (Å²) >= 11 is 1.52. The normalized spacial score (nSPS) is 15.0. The second kappa shape index (κ2) is 9.91. The summed E-state index contributed by atoms with van der Waals surface area (Å²) in [6.45, 7) is 2.91. The Morgan fingerprint density at radius 2 is 1.56 bits per heavy atom. The maximum atomic E-state index is 13.3. The predicted molar refractivity (Wildman–Crippen MR) is 133 cm³/mol. The number of thiophene rings is 1. The van der Waals surface area contributed by atoms with Crippen molar-refractivity contribution in [2.45, 2.75) is 19.0 Å². The number of aromatic hydroxyl groups is 2. The molecule has 1 fully saturated rings. The third-order valence-electron chi connectivity index (χ3n) is 5.99. The largest absolute Gasteiger partial charge is 0.508 e. The van der Waals surface area contributed by atoms with Crippen LogP contribution in [0.4, 0.5) is 4.39 Å². The van der Waals surface area contributed by atoms with Gasteiger partial charge in [-0.1, -0.05) is 0 Å². The lowest BCUT2D eigenvalue weighted by Crippen LogP contribution is -2.37. The second-order valence-electron chi connectivity index (χ2n) is 8.43. The molecule has 1 aliphatic rings. The van der Waals surface area contributed by atoms with Crippen LogP contribution in [-0.4, -0.2) is 47.5 Å². The number of ether oxygens (including phenoxy) is 2. The fraction of sp³-hybridized carbons (Fsp3) is 0.259. The monoisotopic (exact) mass is 479 g/mol. The molecule has 5 nitrogen and oxygen atoms in total. The number of phenols is 2. The maximum absolute atomic E-state index is 13.3.